The third-order valence-electron chi connectivity index (χ3n) is 2.68. The fourth-order valence-electron chi connectivity index (χ4n) is 1.78. The van der Waals surface area contributed by atoms with Crippen LogP contribution in [-0.4, -0.2) is 21.0 Å². The van der Waals surface area contributed by atoms with Gasteiger partial charge < -0.3 is 5.11 Å². The second-order valence-corrected chi connectivity index (χ2v) is 4.27. The molecule has 0 bridgehead atoms. The van der Waals surface area contributed by atoms with Gasteiger partial charge in [0.15, 0.2) is 0 Å². The van der Waals surface area contributed by atoms with Gasteiger partial charge in [0.2, 0.25) is 5.28 Å². The lowest BCUT2D eigenvalue weighted by Crippen LogP contribution is -2.16. The number of carbonyl (C=O) groups is 1. The smallest absolute Gasteiger partial charge is 0.311 e. The Morgan fingerprint density at radius 3 is 2.74 bits per heavy atom. The Labute approximate surface area is 113 Å². The Kier molecular flexibility index (Phi) is 4.06. The summed E-state index contributed by atoms with van der Waals surface area (Å²) in [7, 11) is 0. The molecule has 0 aliphatic rings. The highest BCUT2D eigenvalue weighted by atomic mass is 35.5. The van der Waals surface area contributed by atoms with E-state index in [2.05, 4.69) is 9.97 Å². The summed E-state index contributed by atoms with van der Waals surface area (Å²) in [6, 6.07) is 7.36. The van der Waals surface area contributed by atoms with Crippen molar-refractivity contribution in [2.24, 2.45) is 0 Å². The van der Waals surface area contributed by atoms with Crippen molar-refractivity contribution in [3.05, 3.63) is 58.9 Å². The van der Waals surface area contributed by atoms with E-state index in [1.165, 1.54) is 24.4 Å². The van der Waals surface area contributed by atoms with Gasteiger partial charge in [0.1, 0.15) is 5.82 Å². The van der Waals surface area contributed by atoms with E-state index in [9.17, 15) is 14.3 Å². The second-order valence-electron chi connectivity index (χ2n) is 3.93. The highest BCUT2D eigenvalue weighted by Crippen LogP contribution is 2.23. The maximum atomic E-state index is 13.7. The molecule has 1 N–H and O–H groups in total. The summed E-state index contributed by atoms with van der Waals surface area (Å²) in [6.45, 7) is 0. The first-order valence-corrected chi connectivity index (χ1v) is 5.90. The van der Waals surface area contributed by atoms with Crippen LogP contribution in [0.4, 0.5) is 4.39 Å². The van der Waals surface area contributed by atoms with Gasteiger partial charge >= 0.3 is 5.97 Å². The minimum absolute atomic E-state index is 0.0372. The van der Waals surface area contributed by atoms with Crippen LogP contribution in [0.15, 0.2) is 36.5 Å². The zero-order valence-electron chi connectivity index (χ0n) is 9.75. The van der Waals surface area contributed by atoms with Crippen molar-refractivity contribution in [2.45, 2.75) is 12.3 Å². The number of benzene rings is 1. The molecule has 98 valence electrons. The summed E-state index contributed by atoms with van der Waals surface area (Å²) in [4.78, 5) is 18.9. The number of aliphatic carboxylic acids is 1. The monoisotopic (exact) mass is 280 g/mol. The lowest BCUT2D eigenvalue weighted by Gasteiger charge is -2.13. The molecule has 1 unspecified atom stereocenters. The van der Waals surface area contributed by atoms with Gasteiger partial charge in [0, 0.05) is 23.9 Å². The van der Waals surface area contributed by atoms with Crippen molar-refractivity contribution < 1.29 is 14.3 Å². The zero-order chi connectivity index (χ0) is 13.8. The highest BCUT2D eigenvalue weighted by Gasteiger charge is 2.23. The van der Waals surface area contributed by atoms with Gasteiger partial charge in [-0.25, -0.2) is 14.4 Å². The molecule has 0 fully saturated rings. The van der Waals surface area contributed by atoms with E-state index in [4.69, 9.17) is 11.6 Å². The number of carboxylic acids is 1. The van der Waals surface area contributed by atoms with Crippen LogP contribution in [0.25, 0.3) is 0 Å². The molecule has 0 amide bonds. The first kappa shape index (κ1) is 13.4. The van der Waals surface area contributed by atoms with Gasteiger partial charge in [-0.05, 0) is 23.7 Å². The fourth-order valence-corrected chi connectivity index (χ4v) is 1.95. The van der Waals surface area contributed by atoms with Crippen LogP contribution in [0.2, 0.25) is 5.28 Å². The Morgan fingerprint density at radius 1 is 1.37 bits per heavy atom. The number of carboxylic acid groups (broad SMARTS) is 1. The number of hydrogen-bond acceptors (Lipinski definition) is 3. The third kappa shape index (κ3) is 3.26. The predicted molar refractivity (Wildman–Crippen MR) is 67.5 cm³/mol. The molecule has 0 aliphatic carbocycles. The zero-order valence-corrected chi connectivity index (χ0v) is 10.5. The molecule has 4 nitrogen and oxygen atoms in total. The minimum atomic E-state index is -1.11. The van der Waals surface area contributed by atoms with Crippen LogP contribution in [0.1, 0.15) is 17.2 Å². The fraction of sp³-hybridized carbons (Fsp3) is 0.154. The Bertz CT molecular complexity index is 607. The van der Waals surface area contributed by atoms with E-state index in [1.807, 2.05) is 0 Å². The van der Waals surface area contributed by atoms with Crippen molar-refractivity contribution in [1.29, 1.82) is 0 Å². The van der Waals surface area contributed by atoms with Gasteiger partial charge in [-0.1, -0.05) is 18.2 Å². The molecule has 0 aliphatic heterocycles. The molecule has 1 aromatic carbocycles. The summed E-state index contributed by atoms with van der Waals surface area (Å²) in [5.74, 6) is -2.66. The molecule has 0 saturated heterocycles. The van der Waals surface area contributed by atoms with Crippen molar-refractivity contribution in [3.63, 3.8) is 0 Å². The molecule has 19 heavy (non-hydrogen) atoms. The summed E-state index contributed by atoms with van der Waals surface area (Å²) < 4.78 is 13.7. The van der Waals surface area contributed by atoms with Crippen molar-refractivity contribution >= 4 is 17.6 Å². The predicted octanol–water partition coefficient (Wildman–Crippen LogP) is 2.68. The SMILES string of the molecule is O=C(O)C(Cc1ccnc(Cl)n1)c1ccccc1F. The van der Waals surface area contributed by atoms with Crippen molar-refractivity contribution in [2.75, 3.05) is 0 Å². The number of rotatable bonds is 4. The quantitative estimate of drug-likeness (QED) is 0.875. The molecule has 0 saturated carbocycles. The highest BCUT2D eigenvalue weighted by molar-refractivity contribution is 6.28. The average Bonchev–Trinajstić information content (AvgIpc) is 2.37. The lowest BCUT2D eigenvalue weighted by atomic mass is 9.94. The topological polar surface area (TPSA) is 63.1 Å². The number of hydrogen-bond donors (Lipinski definition) is 1. The summed E-state index contributed by atoms with van der Waals surface area (Å²) in [5, 5.41) is 9.28. The molecule has 0 spiro atoms. The van der Waals surface area contributed by atoms with Gasteiger partial charge in [-0.2, -0.15) is 0 Å². The number of aromatic nitrogens is 2. The standard InChI is InChI=1S/C13H10ClFN2O2/c14-13-16-6-5-8(17-13)7-10(12(18)19)9-3-1-2-4-11(9)15/h1-6,10H,7H2,(H,18,19). The summed E-state index contributed by atoms with van der Waals surface area (Å²) in [6.07, 6.45) is 1.49. The van der Waals surface area contributed by atoms with Crippen LogP contribution < -0.4 is 0 Å². The minimum Gasteiger partial charge on any atom is -0.481 e. The van der Waals surface area contributed by atoms with Gasteiger partial charge in [0.05, 0.1) is 5.92 Å². The first-order valence-electron chi connectivity index (χ1n) is 5.52. The van der Waals surface area contributed by atoms with E-state index in [-0.39, 0.29) is 17.3 Å². The molecule has 1 heterocycles. The summed E-state index contributed by atoms with van der Waals surface area (Å²) in [5.41, 5.74) is 0.584. The maximum absolute atomic E-state index is 13.7. The van der Waals surface area contributed by atoms with Crippen LogP contribution in [0, 0.1) is 5.82 Å². The lowest BCUT2D eigenvalue weighted by molar-refractivity contribution is -0.138. The molecular formula is C13H10ClFN2O2. The largest absolute Gasteiger partial charge is 0.481 e. The normalized spacial score (nSPS) is 12.1. The second kappa shape index (κ2) is 5.75. The first-order chi connectivity index (χ1) is 9.08. The van der Waals surface area contributed by atoms with Gasteiger partial charge in [0.25, 0.3) is 0 Å². The van der Waals surface area contributed by atoms with Crippen LogP contribution >= 0.6 is 11.6 Å². The van der Waals surface area contributed by atoms with E-state index in [0.717, 1.165) is 0 Å². The molecule has 1 atom stereocenters. The van der Waals surface area contributed by atoms with E-state index < -0.39 is 17.7 Å². The molecule has 1 aromatic heterocycles. The summed E-state index contributed by atoms with van der Waals surface area (Å²) >= 11 is 5.64. The van der Waals surface area contributed by atoms with Gasteiger partial charge in [-0.15, -0.1) is 0 Å². The van der Waals surface area contributed by atoms with E-state index in [1.54, 1.807) is 12.1 Å². The van der Waals surface area contributed by atoms with E-state index in [0.29, 0.717) is 5.69 Å². The molecule has 6 heteroatoms. The van der Waals surface area contributed by atoms with Crippen molar-refractivity contribution in [3.8, 4) is 0 Å². The number of nitrogens with zero attached hydrogens (tertiary/aromatic N) is 2. The third-order valence-corrected chi connectivity index (χ3v) is 2.86. The van der Waals surface area contributed by atoms with Gasteiger partial charge in [-0.3, -0.25) is 4.79 Å². The molecular weight excluding hydrogens is 271 g/mol. The van der Waals surface area contributed by atoms with Crippen LogP contribution in [-0.2, 0) is 11.2 Å². The van der Waals surface area contributed by atoms with Crippen molar-refractivity contribution in [1.82, 2.24) is 9.97 Å². The Hall–Kier alpha value is -2.01. The Balaban J connectivity index is 2.32. The van der Waals surface area contributed by atoms with Crippen LogP contribution in [0.3, 0.4) is 0 Å². The maximum Gasteiger partial charge on any atom is 0.311 e. The Morgan fingerprint density at radius 2 is 2.11 bits per heavy atom. The average molecular weight is 281 g/mol. The van der Waals surface area contributed by atoms with E-state index >= 15 is 0 Å². The molecule has 2 rings (SSSR count). The molecule has 0 radical (unpaired) electrons. The number of halogens is 2. The van der Waals surface area contributed by atoms with Crippen LogP contribution in [0.5, 0.6) is 0 Å². The molecule has 2 aromatic rings.